The average Bonchev–Trinajstić information content (AvgIpc) is 2.93. The number of piperidine rings is 3. The van der Waals surface area contributed by atoms with Gasteiger partial charge >= 0.3 is 5.97 Å². The molecular formula is C30H34N2O4S. The van der Waals surface area contributed by atoms with E-state index in [4.69, 9.17) is 4.74 Å². The third kappa shape index (κ3) is 4.96. The van der Waals surface area contributed by atoms with Crippen molar-refractivity contribution in [2.45, 2.75) is 48.3 Å². The molecule has 0 amide bonds. The largest absolute Gasteiger partial charge is 0.496 e. The first-order valence-corrected chi connectivity index (χ1v) is 14.3. The predicted molar refractivity (Wildman–Crippen MR) is 145 cm³/mol. The van der Waals surface area contributed by atoms with Gasteiger partial charge in [0.15, 0.2) is 0 Å². The van der Waals surface area contributed by atoms with E-state index in [-0.39, 0.29) is 5.92 Å². The summed E-state index contributed by atoms with van der Waals surface area (Å²) in [6, 6.07) is 25.9. The van der Waals surface area contributed by atoms with E-state index >= 15 is 0 Å². The minimum absolute atomic E-state index is 0.0886. The van der Waals surface area contributed by atoms with Crippen LogP contribution in [0.3, 0.4) is 0 Å². The Hall–Kier alpha value is -3.00. The fourth-order valence-electron chi connectivity index (χ4n) is 6.41. The van der Waals surface area contributed by atoms with Crippen molar-refractivity contribution in [2.24, 2.45) is 5.92 Å². The average molecular weight is 519 g/mol. The molecule has 3 heterocycles. The number of hydrogen-bond acceptors (Lipinski definition) is 5. The molecule has 3 aliphatic heterocycles. The Morgan fingerprint density at radius 2 is 1.76 bits per heavy atom. The SMILES string of the molecule is COc1ccc(S(C)=O)cc1CNC1(C(c2ccccc2)c2ccccc2)CC2CCN1C(C(=O)O)C2. The van der Waals surface area contributed by atoms with Gasteiger partial charge in [-0.15, -0.1) is 0 Å². The minimum atomic E-state index is -1.12. The molecule has 2 bridgehead atoms. The van der Waals surface area contributed by atoms with Crippen LogP contribution in [0, 0.1) is 5.92 Å². The van der Waals surface area contributed by atoms with E-state index < -0.39 is 28.5 Å². The molecule has 3 fully saturated rings. The Morgan fingerprint density at radius 1 is 1.11 bits per heavy atom. The molecule has 0 aromatic heterocycles. The molecule has 3 aromatic carbocycles. The van der Waals surface area contributed by atoms with Gasteiger partial charge in [-0.25, -0.2) is 0 Å². The number of aliphatic carboxylic acids is 1. The lowest BCUT2D eigenvalue weighted by atomic mass is 9.67. The molecule has 6 nitrogen and oxygen atoms in total. The minimum Gasteiger partial charge on any atom is -0.496 e. The number of carbonyl (C=O) groups is 1. The summed E-state index contributed by atoms with van der Waals surface area (Å²) in [5.74, 6) is 0.175. The van der Waals surface area contributed by atoms with Crippen LogP contribution in [-0.2, 0) is 22.1 Å². The van der Waals surface area contributed by atoms with Crippen LogP contribution in [0.4, 0.5) is 0 Å². The van der Waals surface area contributed by atoms with Crippen molar-refractivity contribution in [1.29, 1.82) is 0 Å². The van der Waals surface area contributed by atoms with Gasteiger partial charge in [-0.1, -0.05) is 60.7 Å². The van der Waals surface area contributed by atoms with Gasteiger partial charge in [-0.3, -0.25) is 19.2 Å². The van der Waals surface area contributed by atoms with Crippen LogP contribution in [0.15, 0.2) is 83.8 Å². The van der Waals surface area contributed by atoms with Crippen LogP contribution in [-0.4, -0.2) is 51.8 Å². The Balaban J connectivity index is 1.65. The Morgan fingerprint density at radius 3 is 2.30 bits per heavy atom. The zero-order valence-corrected chi connectivity index (χ0v) is 22.1. The zero-order chi connectivity index (χ0) is 26.0. The van der Waals surface area contributed by atoms with Gasteiger partial charge in [0, 0.05) is 46.5 Å². The smallest absolute Gasteiger partial charge is 0.320 e. The van der Waals surface area contributed by atoms with Crippen molar-refractivity contribution in [2.75, 3.05) is 19.9 Å². The standard InChI is InChI=1S/C30H34N2O4S/c1-36-27-14-13-25(37(2)35)18-24(27)20-31-30(19-21-15-16-32(30)26(17-21)29(33)34)28(22-9-5-3-6-10-22)23-11-7-4-8-12-23/h3-14,18,21,26,28,31H,15-17,19-20H2,1-2H3,(H,33,34). The predicted octanol–water partition coefficient (Wildman–Crippen LogP) is 4.62. The van der Waals surface area contributed by atoms with E-state index in [1.54, 1.807) is 13.4 Å². The first kappa shape index (κ1) is 25.6. The Labute approximate surface area is 221 Å². The fourth-order valence-corrected chi connectivity index (χ4v) is 6.98. The van der Waals surface area contributed by atoms with Crippen molar-refractivity contribution < 1.29 is 18.8 Å². The van der Waals surface area contributed by atoms with Gasteiger partial charge < -0.3 is 9.84 Å². The van der Waals surface area contributed by atoms with E-state index in [2.05, 4.69) is 34.5 Å². The summed E-state index contributed by atoms with van der Waals surface area (Å²) >= 11 is 0. The third-order valence-corrected chi connectivity index (χ3v) is 8.94. The molecule has 194 valence electrons. The lowest BCUT2D eigenvalue weighted by molar-refractivity contribution is -0.162. The van der Waals surface area contributed by atoms with Crippen molar-refractivity contribution in [3.05, 3.63) is 95.6 Å². The molecule has 5 atom stereocenters. The Bertz CT molecular complexity index is 1230. The lowest BCUT2D eigenvalue weighted by Gasteiger charge is -2.60. The quantitative estimate of drug-likeness (QED) is 0.430. The molecule has 0 aliphatic carbocycles. The van der Waals surface area contributed by atoms with Crippen LogP contribution in [0.25, 0.3) is 0 Å². The number of fused-ring (bicyclic) bond motifs is 3. The maximum atomic E-state index is 12.5. The summed E-state index contributed by atoms with van der Waals surface area (Å²) < 4.78 is 17.9. The number of rotatable bonds is 9. The molecule has 6 rings (SSSR count). The topological polar surface area (TPSA) is 78.9 Å². The second-order valence-corrected chi connectivity index (χ2v) is 11.5. The van der Waals surface area contributed by atoms with Crippen LogP contribution >= 0.6 is 0 Å². The number of nitrogens with one attached hydrogen (secondary N) is 1. The number of carboxylic acid groups (broad SMARTS) is 1. The summed E-state index contributed by atoms with van der Waals surface area (Å²) in [7, 11) is 0.518. The molecule has 5 unspecified atom stereocenters. The summed E-state index contributed by atoms with van der Waals surface area (Å²) in [6.45, 7) is 1.18. The summed E-state index contributed by atoms with van der Waals surface area (Å²) in [4.78, 5) is 15.4. The van der Waals surface area contributed by atoms with Gasteiger partial charge in [0.05, 0.1) is 12.8 Å². The highest BCUT2D eigenvalue weighted by Gasteiger charge is 2.56. The summed E-state index contributed by atoms with van der Waals surface area (Å²) in [6.07, 6.45) is 4.18. The van der Waals surface area contributed by atoms with Crippen molar-refractivity contribution in [3.8, 4) is 5.75 Å². The number of methoxy groups -OCH3 is 1. The molecule has 0 radical (unpaired) electrons. The molecule has 2 N–H and O–H groups in total. The molecule has 3 saturated heterocycles. The number of hydrogen-bond donors (Lipinski definition) is 2. The molecule has 3 aliphatic rings. The first-order valence-electron chi connectivity index (χ1n) is 12.8. The van der Waals surface area contributed by atoms with E-state index in [1.807, 2.05) is 54.6 Å². The van der Waals surface area contributed by atoms with Crippen molar-refractivity contribution in [1.82, 2.24) is 10.2 Å². The van der Waals surface area contributed by atoms with Crippen LogP contribution in [0.5, 0.6) is 5.75 Å². The number of nitrogens with zero attached hydrogens (tertiary/aromatic N) is 1. The van der Waals surface area contributed by atoms with Gasteiger partial charge in [-0.05, 0) is 54.5 Å². The van der Waals surface area contributed by atoms with E-state index in [1.165, 1.54) is 0 Å². The fraction of sp³-hybridized carbons (Fsp3) is 0.367. The number of ether oxygens (including phenoxy) is 1. The Kier molecular flexibility index (Phi) is 7.47. The monoisotopic (exact) mass is 518 g/mol. The maximum absolute atomic E-state index is 12.5. The van der Waals surface area contributed by atoms with Crippen molar-refractivity contribution in [3.63, 3.8) is 0 Å². The lowest BCUT2D eigenvalue weighted by Crippen LogP contribution is -2.72. The van der Waals surface area contributed by atoms with Gasteiger partial charge in [0.1, 0.15) is 11.8 Å². The molecule has 37 heavy (non-hydrogen) atoms. The summed E-state index contributed by atoms with van der Waals surface area (Å²) in [5, 5.41) is 14.1. The second-order valence-electron chi connectivity index (χ2n) is 10.1. The summed E-state index contributed by atoms with van der Waals surface area (Å²) in [5.41, 5.74) is 2.57. The van der Waals surface area contributed by atoms with E-state index in [9.17, 15) is 14.1 Å². The third-order valence-electron chi connectivity index (χ3n) is 8.02. The number of carboxylic acids is 1. The van der Waals surface area contributed by atoms with Crippen LogP contribution in [0.1, 0.15) is 41.9 Å². The van der Waals surface area contributed by atoms with E-state index in [0.29, 0.717) is 18.9 Å². The molecular weight excluding hydrogens is 484 g/mol. The normalized spacial score (nSPS) is 25.6. The van der Waals surface area contributed by atoms with Gasteiger partial charge in [0.2, 0.25) is 0 Å². The maximum Gasteiger partial charge on any atom is 0.320 e. The molecule has 3 aromatic rings. The van der Waals surface area contributed by atoms with Gasteiger partial charge in [-0.2, -0.15) is 0 Å². The van der Waals surface area contributed by atoms with Crippen LogP contribution in [0.2, 0.25) is 0 Å². The van der Waals surface area contributed by atoms with Gasteiger partial charge in [0.25, 0.3) is 0 Å². The molecule has 0 saturated carbocycles. The molecule has 0 spiro atoms. The zero-order valence-electron chi connectivity index (χ0n) is 21.3. The molecule has 7 heteroatoms. The highest BCUT2D eigenvalue weighted by Crippen LogP contribution is 2.50. The highest BCUT2D eigenvalue weighted by atomic mass is 32.2. The van der Waals surface area contributed by atoms with E-state index in [0.717, 1.165) is 46.7 Å². The number of benzene rings is 3. The second kappa shape index (κ2) is 10.8. The first-order chi connectivity index (χ1) is 17.9. The van der Waals surface area contributed by atoms with Crippen LogP contribution < -0.4 is 10.1 Å². The highest BCUT2D eigenvalue weighted by molar-refractivity contribution is 7.84. The van der Waals surface area contributed by atoms with Crippen molar-refractivity contribution >= 4 is 16.8 Å².